The Labute approximate surface area is 248 Å². The van der Waals surface area contributed by atoms with Crippen LogP contribution in [0.5, 0.6) is 5.75 Å². The van der Waals surface area contributed by atoms with Gasteiger partial charge >= 0.3 is 0 Å². The zero-order valence-electron chi connectivity index (χ0n) is 23.2. The Morgan fingerprint density at radius 2 is 1.60 bits per heavy atom. The summed E-state index contributed by atoms with van der Waals surface area (Å²) in [4.78, 5) is 28.0. The maximum absolute atomic E-state index is 13.4. The number of nitrogens with zero attached hydrogens (tertiary/aromatic N) is 3. The van der Waals surface area contributed by atoms with E-state index in [2.05, 4.69) is 10.6 Å². The van der Waals surface area contributed by atoms with Gasteiger partial charge in [-0.1, -0.05) is 60.7 Å². The zero-order valence-corrected chi connectivity index (χ0v) is 24.0. The average Bonchev–Trinajstić information content (AvgIpc) is 3.44. The number of nitriles is 1. The fourth-order valence-electron chi connectivity index (χ4n) is 5.32. The Morgan fingerprint density at radius 3 is 2.40 bits per heavy atom. The molecule has 1 aliphatic heterocycles. The van der Waals surface area contributed by atoms with Crippen LogP contribution in [0.3, 0.4) is 0 Å². The first kappa shape index (κ1) is 27.1. The van der Waals surface area contributed by atoms with E-state index in [0.29, 0.717) is 22.8 Å². The van der Waals surface area contributed by atoms with Crippen molar-refractivity contribution in [3.63, 3.8) is 0 Å². The third-order valence-electron chi connectivity index (χ3n) is 7.47. The predicted octanol–water partition coefficient (Wildman–Crippen LogP) is 7.93. The Bertz CT molecular complexity index is 1910. The molecule has 5 aromatic rings. The van der Waals surface area contributed by atoms with E-state index >= 15 is 0 Å². The van der Waals surface area contributed by atoms with Gasteiger partial charge in [-0.05, 0) is 90.0 Å². The highest BCUT2D eigenvalue weighted by molar-refractivity contribution is 8.18. The quantitative estimate of drug-likeness (QED) is 0.186. The molecule has 206 valence electrons. The molecule has 0 unspecified atom stereocenters. The summed E-state index contributed by atoms with van der Waals surface area (Å²) in [6, 6.07) is 33.3. The lowest BCUT2D eigenvalue weighted by molar-refractivity contribution is -0.123. The number of imide groups is 1. The molecular weight excluding hydrogens is 542 g/mol. The predicted molar refractivity (Wildman–Crippen MR) is 166 cm³/mol. The largest absolute Gasteiger partial charge is 0.489 e. The zero-order chi connectivity index (χ0) is 29.2. The number of fused-ring (bicyclic) bond motifs is 1. The summed E-state index contributed by atoms with van der Waals surface area (Å²) in [6.07, 6.45) is 1.82. The summed E-state index contributed by atoms with van der Waals surface area (Å²) in [5.74, 6) is 0.427. The summed E-state index contributed by atoms with van der Waals surface area (Å²) in [7, 11) is 0. The molecule has 42 heavy (non-hydrogen) atoms. The van der Waals surface area contributed by atoms with Crippen molar-refractivity contribution in [1.82, 2.24) is 9.47 Å². The number of thioether (sulfide) groups is 1. The second kappa shape index (κ2) is 11.4. The first-order valence-corrected chi connectivity index (χ1v) is 14.4. The van der Waals surface area contributed by atoms with E-state index in [9.17, 15) is 14.9 Å². The molecule has 0 aliphatic carbocycles. The lowest BCUT2D eigenvalue weighted by Gasteiger charge is -2.14. The average molecular weight is 570 g/mol. The molecule has 7 heteroatoms. The molecule has 0 radical (unpaired) electrons. The van der Waals surface area contributed by atoms with Crippen LogP contribution in [-0.4, -0.2) is 20.6 Å². The van der Waals surface area contributed by atoms with Crippen LogP contribution in [0.25, 0.3) is 22.5 Å². The van der Waals surface area contributed by atoms with Gasteiger partial charge in [0.1, 0.15) is 12.4 Å². The first-order valence-electron chi connectivity index (χ1n) is 13.5. The molecule has 0 bridgehead atoms. The SMILES string of the molecule is Cc1cc(/C=C2/SC(=O)N(Cc3cccc4ccccc34)C2=O)c(C)n1-c1ccc(OCc2ccccc2C#N)cc1. The normalized spacial score (nSPS) is 14.1. The number of hydrogen-bond donors (Lipinski definition) is 0. The first-order chi connectivity index (χ1) is 20.4. The van der Waals surface area contributed by atoms with Crippen molar-refractivity contribution in [3.8, 4) is 17.5 Å². The van der Waals surface area contributed by atoms with E-state index in [1.807, 2.05) is 111 Å². The van der Waals surface area contributed by atoms with Crippen LogP contribution in [0.15, 0.2) is 102 Å². The van der Waals surface area contributed by atoms with Gasteiger partial charge in [0, 0.05) is 22.6 Å². The fourth-order valence-corrected chi connectivity index (χ4v) is 6.15. The summed E-state index contributed by atoms with van der Waals surface area (Å²) in [6.45, 7) is 4.56. The minimum Gasteiger partial charge on any atom is -0.489 e. The highest BCUT2D eigenvalue weighted by Gasteiger charge is 2.35. The van der Waals surface area contributed by atoms with Crippen LogP contribution in [0.4, 0.5) is 4.79 Å². The maximum Gasteiger partial charge on any atom is 0.293 e. The third kappa shape index (κ3) is 5.20. The summed E-state index contributed by atoms with van der Waals surface area (Å²) < 4.78 is 8.04. The van der Waals surface area contributed by atoms with Gasteiger partial charge in [0.2, 0.25) is 0 Å². The lowest BCUT2D eigenvalue weighted by Crippen LogP contribution is -2.27. The van der Waals surface area contributed by atoms with E-state index in [1.54, 1.807) is 6.07 Å². The van der Waals surface area contributed by atoms with Crippen LogP contribution in [0, 0.1) is 25.2 Å². The highest BCUT2D eigenvalue weighted by Crippen LogP contribution is 2.35. The molecule has 1 saturated heterocycles. The number of carbonyl (C=O) groups is 2. The minimum atomic E-state index is -0.276. The number of amides is 2. The van der Waals surface area contributed by atoms with Crippen LogP contribution < -0.4 is 4.74 Å². The second-order valence-electron chi connectivity index (χ2n) is 10.1. The Balaban J connectivity index is 1.20. The number of aryl methyl sites for hydroxylation is 1. The molecule has 0 saturated carbocycles. The number of carbonyl (C=O) groups excluding carboxylic acids is 2. The van der Waals surface area contributed by atoms with Gasteiger partial charge in [0.05, 0.1) is 23.1 Å². The number of rotatable bonds is 7. The number of hydrogen-bond acceptors (Lipinski definition) is 5. The monoisotopic (exact) mass is 569 g/mol. The molecule has 1 fully saturated rings. The topological polar surface area (TPSA) is 75.3 Å². The minimum absolute atomic E-state index is 0.235. The molecule has 2 heterocycles. The highest BCUT2D eigenvalue weighted by atomic mass is 32.2. The fraction of sp³-hybridized carbons (Fsp3) is 0.114. The molecule has 0 spiro atoms. The Kier molecular flexibility index (Phi) is 7.39. The van der Waals surface area contributed by atoms with Crippen molar-refractivity contribution in [2.75, 3.05) is 0 Å². The van der Waals surface area contributed by atoms with Gasteiger partial charge in [-0.15, -0.1) is 0 Å². The third-order valence-corrected chi connectivity index (χ3v) is 8.37. The number of ether oxygens (including phenoxy) is 1. The standard InChI is InChI=1S/C35H27N3O3S/c1-23-18-29(19-33-34(39)37(35(40)42-33)21-27-12-7-11-25-8-5-6-13-32(25)27)24(2)38(23)30-14-16-31(17-15-30)41-22-28-10-4-3-9-26(28)20-36/h3-19H,21-22H2,1-2H3/b33-19+. The second-order valence-corrected chi connectivity index (χ2v) is 11.1. The van der Waals surface area contributed by atoms with Crippen LogP contribution in [0.1, 0.15) is 33.6 Å². The Morgan fingerprint density at radius 1 is 0.881 bits per heavy atom. The van der Waals surface area contributed by atoms with E-state index in [4.69, 9.17) is 4.74 Å². The van der Waals surface area contributed by atoms with Crippen molar-refractivity contribution in [3.05, 3.63) is 136 Å². The Hall–Kier alpha value is -5.06. The summed E-state index contributed by atoms with van der Waals surface area (Å²) in [5.41, 5.74) is 6.20. The van der Waals surface area contributed by atoms with Crippen molar-refractivity contribution in [2.45, 2.75) is 27.0 Å². The van der Waals surface area contributed by atoms with Crippen LogP contribution >= 0.6 is 11.8 Å². The molecule has 4 aromatic carbocycles. The maximum atomic E-state index is 13.4. The lowest BCUT2D eigenvalue weighted by atomic mass is 10.0. The molecule has 0 atom stereocenters. The molecule has 6 nitrogen and oxygen atoms in total. The van der Waals surface area contributed by atoms with Crippen molar-refractivity contribution >= 4 is 39.8 Å². The van der Waals surface area contributed by atoms with Gasteiger partial charge in [-0.3, -0.25) is 14.5 Å². The van der Waals surface area contributed by atoms with Gasteiger partial charge in [0.15, 0.2) is 0 Å². The summed E-state index contributed by atoms with van der Waals surface area (Å²) >= 11 is 0.982. The van der Waals surface area contributed by atoms with Crippen molar-refractivity contribution in [1.29, 1.82) is 5.26 Å². The summed E-state index contributed by atoms with van der Waals surface area (Å²) in [5, 5.41) is 11.2. The molecule has 1 aromatic heterocycles. The van der Waals surface area contributed by atoms with E-state index in [1.165, 1.54) is 4.90 Å². The van der Waals surface area contributed by atoms with Gasteiger partial charge < -0.3 is 9.30 Å². The molecule has 6 rings (SSSR count). The van der Waals surface area contributed by atoms with E-state index in [0.717, 1.165) is 56.3 Å². The molecule has 1 aliphatic rings. The molecular formula is C35H27N3O3S. The molecule has 2 amide bonds. The van der Waals surface area contributed by atoms with Crippen molar-refractivity contribution in [2.24, 2.45) is 0 Å². The molecule has 0 N–H and O–H groups in total. The smallest absolute Gasteiger partial charge is 0.293 e. The number of aromatic nitrogens is 1. The van der Waals surface area contributed by atoms with Gasteiger partial charge in [0.25, 0.3) is 11.1 Å². The van der Waals surface area contributed by atoms with E-state index < -0.39 is 0 Å². The van der Waals surface area contributed by atoms with Crippen LogP contribution in [-0.2, 0) is 17.9 Å². The van der Waals surface area contributed by atoms with E-state index in [-0.39, 0.29) is 17.7 Å². The van der Waals surface area contributed by atoms with Gasteiger partial charge in [-0.2, -0.15) is 5.26 Å². The van der Waals surface area contributed by atoms with Crippen LogP contribution in [0.2, 0.25) is 0 Å². The van der Waals surface area contributed by atoms with Gasteiger partial charge in [-0.25, -0.2) is 0 Å². The number of benzene rings is 4. The van der Waals surface area contributed by atoms with Crippen molar-refractivity contribution < 1.29 is 14.3 Å².